The molecule has 3 nitrogen and oxygen atoms in total. The summed E-state index contributed by atoms with van der Waals surface area (Å²) >= 11 is 1.56. The van der Waals surface area contributed by atoms with Gasteiger partial charge < -0.3 is 4.98 Å². The van der Waals surface area contributed by atoms with Gasteiger partial charge in [-0.3, -0.25) is 4.79 Å². The molecule has 100 valence electrons. The molecule has 0 bridgehead atoms. The Bertz CT molecular complexity index is 680. The van der Waals surface area contributed by atoms with Crippen molar-refractivity contribution < 1.29 is 0 Å². The first kappa shape index (κ1) is 13.7. The van der Waals surface area contributed by atoms with Gasteiger partial charge in [0.1, 0.15) is 5.01 Å². The van der Waals surface area contributed by atoms with Crippen LogP contribution in [0, 0.1) is 6.92 Å². The molecule has 0 aliphatic rings. The van der Waals surface area contributed by atoms with E-state index in [2.05, 4.69) is 30.4 Å². The first-order valence-electron chi connectivity index (χ1n) is 6.25. The van der Waals surface area contributed by atoms with E-state index in [1.54, 1.807) is 17.4 Å². The molecule has 0 aliphatic heterocycles. The molecule has 0 unspecified atom stereocenters. The molecule has 2 heterocycles. The van der Waals surface area contributed by atoms with Crippen LogP contribution in [0.3, 0.4) is 0 Å². The lowest BCUT2D eigenvalue weighted by Gasteiger charge is -2.07. The predicted octanol–water partition coefficient (Wildman–Crippen LogP) is 3.96. The van der Waals surface area contributed by atoms with Crippen molar-refractivity contribution in [1.82, 2.24) is 9.97 Å². The molecular weight excluding hydrogens is 256 g/mol. The molecule has 0 saturated heterocycles. The van der Waals surface area contributed by atoms with Crippen molar-refractivity contribution >= 4 is 16.9 Å². The van der Waals surface area contributed by atoms with Gasteiger partial charge in [0, 0.05) is 22.7 Å². The molecule has 1 N–H and O–H groups in total. The summed E-state index contributed by atoms with van der Waals surface area (Å²) in [5.74, 6) is 0.391. The summed E-state index contributed by atoms with van der Waals surface area (Å²) < 4.78 is 0. The largest absolute Gasteiger partial charge is 0.352 e. The molecule has 2 rings (SSSR count). The van der Waals surface area contributed by atoms with E-state index in [9.17, 15) is 4.79 Å². The maximum Gasteiger partial charge on any atom is 0.185 e. The van der Waals surface area contributed by atoms with Crippen molar-refractivity contribution in [1.29, 1.82) is 0 Å². The molecule has 2 aromatic heterocycles. The summed E-state index contributed by atoms with van der Waals surface area (Å²) in [6.07, 6.45) is 0. The van der Waals surface area contributed by atoms with E-state index in [-0.39, 0.29) is 5.43 Å². The van der Waals surface area contributed by atoms with Gasteiger partial charge in [-0.1, -0.05) is 20.4 Å². The molecule has 19 heavy (non-hydrogen) atoms. The average molecular weight is 274 g/mol. The summed E-state index contributed by atoms with van der Waals surface area (Å²) in [5, 5.41) is 2.89. The highest BCUT2D eigenvalue weighted by atomic mass is 32.1. The number of thiazole rings is 1. The van der Waals surface area contributed by atoms with Gasteiger partial charge in [0.15, 0.2) is 5.43 Å². The lowest BCUT2D eigenvalue weighted by molar-refractivity contribution is 0.833. The van der Waals surface area contributed by atoms with Gasteiger partial charge in [0.2, 0.25) is 0 Å². The third-order valence-electron chi connectivity index (χ3n) is 3.05. The van der Waals surface area contributed by atoms with Gasteiger partial charge in [0.25, 0.3) is 0 Å². The molecule has 0 aliphatic carbocycles. The van der Waals surface area contributed by atoms with E-state index in [4.69, 9.17) is 0 Å². The third kappa shape index (κ3) is 2.68. The minimum Gasteiger partial charge on any atom is -0.352 e. The molecule has 0 radical (unpaired) electrons. The topological polar surface area (TPSA) is 45.8 Å². The number of nitrogens with one attached hydrogen (secondary N) is 1. The van der Waals surface area contributed by atoms with Crippen molar-refractivity contribution in [2.45, 2.75) is 33.6 Å². The van der Waals surface area contributed by atoms with Gasteiger partial charge in [-0.2, -0.15) is 0 Å². The first-order chi connectivity index (χ1) is 8.90. The second-order valence-electron chi connectivity index (χ2n) is 5.06. The molecule has 0 amide bonds. The Kier molecular flexibility index (Phi) is 3.71. The Balaban J connectivity index is 2.56. The van der Waals surface area contributed by atoms with E-state index >= 15 is 0 Å². The SMILES string of the molecule is C=C(C)c1[nH]c(-c2nc(C(C)C)cs2)cc(=O)c1C. The Morgan fingerprint density at radius 1 is 1.47 bits per heavy atom. The third-order valence-corrected chi connectivity index (χ3v) is 3.94. The second-order valence-corrected chi connectivity index (χ2v) is 5.92. The monoisotopic (exact) mass is 274 g/mol. The lowest BCUT2D eigenvalue weighted by Crippen LogP contribution is -2.09. The fourth-order valence-corrected chi connectivity index (χ4v) is 2.80. The maximum absolute atomic E-state index is 12.0. The molecule has 0 fully saturated rings. The van der Waals surface area contributed by atoms with E-state index < -0.39 is 0 Å². The fourth-order valence-electron chi connectivity index (χ4n) is 1.84. The van der Waals surface area contributed by atoms with Crippen LogP contribution in [-0.4, -0.2) is 9.97 Å². The van der Waals surface area contributed by atoms with Crippen LogP contribution in [0.4, 0.5) is 0 Å². The molecular formula is C15H18N2OS. The summed E-state index contributed by atoms with van der Waals surface area (Å²) in [7, 11) is 0. The highest BCUT2D eigenvalue weighted by Gasteiger charge is 2.12. The van der Waals surface area contributed by atoms with Crippen molar-refractivity contribution in [2.24, 2.45) is 0 Å². The van der Waals surface area contributed by atoms with Crippen molar-refractivity contribution in [3.05, 3.63) is 45.2 Å². The number of aromatic amines is 1. The van der Waals surface area contributed by atoms with Gasteiger partial charge in [-0.25, -0.2) is 4.98 Å². The molecule has 4 heteroatoms. The van der Waals surface area contributed by atoms with E-state index in [1.165, 1.54) is 0 Å². The summed E-state index contributed by atoms with van der Waals surface area (Å²) in [4.78, 5) is 19.8. The van der Waals surface area contributed by atoms with Crippen LogP contribution in [0.1, 0.15) is 43.6 Å². The highest BCUT2D eigenvalue weighted by Crippen LogP contribution is 2.26. The van der Waals surface area contributed by atoms with Crippen LogP contribution in [0.2, 0.25) is 0 Å². The number of hydrogen-bond acceptors (Lipinski definition) is 3. The Labute approximate surface area is 117 Å². The Hall–Kier alpha value is -1.68. The molecule has 0 atom stereocenters. The molecule has 0 saturated carbocycles. The minimum atomic E-state index is 0.0213. The summed E-state index contributed by atoms with van der Waals surface area (Å²) in [5.41, 5.74) is 4.22. The van der Waals surface area contributed by atoms with Crippen LogP contribution < -0.4 is 5.43 Å². The number of H-pyrrole nitrogens is 1. The first-order valence-corrected chi connectivity index (χ1v) is 7.13. The zero-order chi connectivity index (χ0) is 14.2. The number of hydrogen-bond donors (Lipinski definition) is 1. The van der Waals surface area contributed by atoms with Gasteiger partial charge >= 0.3 is 0 Å². The lowest BCUT2D eigenvalue weighted by atomic mass is 10.1. The number of rotatable bonds is 3. The molecule has 2 aromatic rings. The van der Waals surface area contributed by atoms with Crippen LogP contribution >= 0.6 is 11.3 Å². The number of allylic oxidation sites excluding steroid dienone is 1. The zero-order valence-electron chi connectivity index (χ0n) is 11.7. The smallest absolute Gasteiger partial charge is 0.185 e. The van der Waals surface area contributed by atoms with Crippen LogP contribution in [0.5, 0.6) is 0 Å². The van der Waals surface area contributed by atoms with Crippen LogP contribution in [0.25, 0.3) is 16.3 Å². The van der Waals surface area contributed by atoms with Gasteiger partial charge in [-0.05, 0) is 25.3 Å². The van der Waals surface area contributed by atoms with E-state index in [1.807, 2.05) is 19.2 Å². The van der Waals surface area contributed by atoms with Crippen molar-refractivity contribution in [3.63, 3.8) is 0 Å². The Morgan fingerprint density at radius 2 is 2.16 bits per heavy atom. The minimum absolute atomic E-state index is 0.0213. The Morgan fingerprint density at radius 3 is 2.68 bits per heavy atom. The van der Waals surface area contributed by atoms with E-state index in [0.29, 0.717) is 11.5 Å². The molecule has 0 spiro atoms. The number of pyridine rings is 1. The van der Waals surface area contributed by atoms with Crippen molar-refractivity contribution in [2.75, 3.05) is 0 Å². The highest BCUT2D eigenvalue weighted by molar-refractivity contribution is 7.13. The quantitative estimate of drug-likeness (QED) is 0.920. The zero-order valence-corrected chi connectivity index (χ0v) is 12.5. The predicted molar refractivity (Wildman–Crippen MR) is 81.7 cm³/mol. The second kappa shape index (κ2) is 5.13. The van der Waals surface area contributed by atoms with Gasteiger partial charge in [0.05, 0.1) is 11.4 Å². The summed E-state index contributed by atoms with van der Waals surface area (Å²) in [6.45, 7) is 11.8. The van der Waals surface area contributed by atoms with Crippen molar-refractivity contribution in [3.8, 4) is 10.7 Å². The standard InChI is InChI=1S/C15H18N2OS/c1-8(2)12-7-19-15(17-12)11-6-13(18)10(5)14(16-11)9(3)4/h6-8H,3H2,1-2,4-5H3,(H,16,18). The number of aromatic nitrogens is 2. The van der Waals surface area contributed by atoms with Gasteiger partial charge in [-0.15, -0.1) is 11.3 Å². The molecule has 0 aromatic carbocycles. The summed E-state index contributed by atoms with van der Waals surface area (Å²) in [6, 6.07) is 1.62. The van der Waals surface area contributed by atoms with E-state index in [0.717, 1.165) is 27.7 Å². The van der Waals surface area contributed by atoms with Crippen LogP contribution in [0.15, 0.2) is 22.8 Å². The maximum atomic E-state index is 12.0. The normalized spacial score (nSPS) is 11.0. The number of nitrogens with zero attached hydrogens (tertiary/aromatic N) is 1. The van der Waals surface area contributed by atoms with Crippen LogP contribution in [-0.2, 0) is 0 Å². The average Bonchev–Trinajstić information content (AvgIpc) is 2.81. The fraction of sp³-hybridized carbons (Fsp3) is 0.333.